The SMILES string of the molecule is COc1cccc(C(=O)N2CCNCC2c2cccc(F)c2)c1.Cl. The molecule has 0 aliphatic carbocycles. The molecule has 1 amide bonds. The third kappa shape index (κ3) is 3.86. The molecule has 2 aromatic carbocycles. The fourth-order valence-corrected chi connectivity index (χ4v) is 2.88. The van der Waals surface area contributed by atoms with E-state index in [0.717, 1.165) is 12.1 Å². The highest BCUT2D eigenvalue weighted by atomic mass is 35.5. The second-order valence-electron chi connectivity index (χ2n) is 5.51. The maximum Gasteiger partial charge on any atom is 0.254 e. The molecule has 1 heterocycles. The summed E-state index contributed by atoms with van der Waals surface area (Å²) in [5.41, 5.74) is 1.38. The van der Waals surface area contributed by atoms with Crippen LogP contribution in [0.2, 0.25) is 0 Å². The van der Waals surface area contributed by atoms with E-state index >= 15 is 0 Å². The number of hydrogen-bond donors (Lipinski definition) is 1. The molecule has 128 valence electrons. The van der Waals surface area contributed by atoms with E-state index in [4.69, 9.17) is 4.74 Å². The molecule has 24 heavy (non-hydrogen) atoms. The van der Waals surface area contributed by atoms with Crippen molar-refractivity contribution in [2.24, 2.45) is 0 Å². The monoisotopic (exact) mass is 350 g/mol. The number of nitrogens with one attached hydrogen (secondary N) is 1. The molecule has 6 heteroatoms. The molecular formula is C18H20ClFN2O2. The average molecular weight is 351 g/mol. The van der Waals surface area contributed by atoms with Crippen LogP contribution in [0.25, 0.3) is 0 Å². The molecule has 3 rings (SSSR count). The fraction of sp³-hybridized carbons (Fsp3) is 0.278. The van der Waals surface area contributed by atoms with E-state index < -0.39 is 0 Å². The van der Waals surface area contributed by atoms with Crippen LogP contribution in [0, 0.1) is 5.82 Å². The lowest BCUT2D eigenvalue weighted by atomic mass is 10.0. The van der Waals surface area contributed by atoms with E-state index in [2.05, 4.69) is 5.32 Å². The first-order chi connectivity index (χ1) is 11.2. The summed E-state index contributed by atoms with van der Waals surface area (Å²) in [6, 6.07) is 13.3. The van der Waals surface area contributed by atoms with Gasteiger partial charge in [-0.15, -0.1) is 12.4 Å². The van der Waals surface area contributed by atoms with Crippen molar-refractivity contribution < 1.29 is 13.9 Å². The van der Waals surface area contributed by atoms with Crippen molar-refractivity contribution >= 4 is 18.3 Å². The van der Waals surface area contributed by atoms with Crippen LogP contribution in [0.3, 0.4) is 0 Å². The Morgan fingerprint density at radius 2 is 2.04 bits per heavy atom. The minimum Gasteiger partial charge on any atom is -0.497 e. The number of methoxy groups -OCH3 is 1. The number of nitrogens with zero attached hydrogens (tertiary/aromatic N) is 1. The van der Waals surface area contributed by atoms with Gasteiger partial charge in [0.25, 0.3) is 5.91 Å². The second kappa shape index (κ2) is 8.13. The molecule has 0 radical (unpaired) electrons. The number of carbonyl (C=O) groups is 1. The first-order valence-corrected chi connectivity index (χ1v) is 7.60. The third-order valence-electron chi connectivity index (χ3n) is 4.05. The molecule has 1 fully saturated rings. The fourth-order valence-electron chi connectivity index (χ4n) is 2.88. The second-order valence-corrected chi connectivity index (χ2v) is 5.51. The highest BCUT2D eigenvalue weighted by Crippen LogP contribution is 2.25. The Balaban J connectivity index is 0.00000208. The van der Waals surface area contributed by atoms with Crippen LogP contribution in [0.4, 0.5) is 4.39 Å². The van der Waals surface area contributed by atoms with Crippen molar-refractivity contribution in [1.82, 2.24) is 10.2 Å². The Labute approximate surface area is 147 Å². The van der Waals surface area contributed by atoms with Gasteiger partial charge in [-0.2, -0.15) is 0 Å². The molecule has 1 unspecified atom stereocenters. The first kappa shape index (κ1) is 18.2. The third-order valence-corrected chi connectivity index (χ3v) is 4.05. The van der Waals surface area contributed by atoms with E-state index in [9.17, 15) is 9.18 Å². The van der Waals surface area contributed by atoms with Crippen LogP contribution in [-0.4, -0.2) is 37.6 Å². The summed E-state index contributed by atoms with van der Waals surface area (Å²) in [6.45, 7) is 1.91. The van der Waals surface area contributed by atoms with Crippen LogP contribution < -0.4 is 10.1 Å². The van der Waals surface area contributed by atoms with E-state index in [0.29, 0.717) is 24.4 Å². The zero-order valence-corrected chi connectivity index (χ0v) is 14.2. The molecule has 0 aromatic heterocycles. The molecule has 4 nitrogen and oxygen atoms in total. The first-order valence-electron chi connectivity index (χ1n) is 7.60. The van der Waals surface area contributed by atoms with Crippen molar-refractivity contribution in [3.63, 3.8) is 0 Å². The topological polar surface area (TPSA) is 41.6 Å². The number of rotatable bonds is 3. The van der Waals surface area contributed by atoms with Crippen LogP contribution in [0.5, 0.6) is 5.75 Å². The Morgan fingerprint density at radius 3 is 2.79 bits per heavy atom. The molecule has 1 N–H and O–H groups in total. The number of halogens is 2. The summed E-state index contributed by atoms with van der Waals surface area (Å²) in [4.78, 5) is 14.7. The lowest BCUT2D eigenvalue weighted by Gasteiger charge is -2.36. The Morgan fingerprint density at radius 1 is 1.25 bits per heavy atom. The maximum atomic E-state index is 13.5. The molecule has 0 spiro atoms. The largest absolute Gasteiger partial charge is 0.497 e. The summed E-state index contributed by atoms with van der Waals surface area (Å²) in [5.74, 6) is 0.287. The van der Waals surface area contributed by atoms with Gasteiger partial charge >= 0.3 is 0 Å². The predicted octanol–water partition coefficient (Wildman–Crippen LogP) is 3.04. The summed E-state index contributed by atoms with van der Waals surface area (Å²) >= 11 is 0. The maximum absolute atomic E-state index is 13.5. The van der Waals surface area contributed by atoms with Crippen molar-refractivity contribution in [2.75, 3.05) is 26.7 Å². The smallest absolute Gasteiger partial charge is 0.254 e. The quantitative estimate of drug-likeness (QED) is 0.925. The minimum atomic E-state index is -0.290. The molecule has 0 bridgehead atoms. The lowest BCUT2D eigenvalue weighted by Crippen LogP contribution is -2.48. The van der Waals surface area contributed by atoms with Gasteiger partial charge in [0.15, 0.2) is 0 Å². The van der Waals surface area contributed by atoms with Gasteiger partial charge in [-0.05, 0) is 35.9 Å². The summed E-state index contributed by atoms with van der Waals surface area (Å²) in [7, 11) is 1.57. The van der Waals surface area contributed by atoms with E-state index in [1.807, 2.05) is 6.07 Å². The van der Waals surface area contributed by atoms with Crippen molar-refractivity contribution in [3.8, 4) is 5.75 Å². The van der Waals surface area contributed by atoms with Gasteiger partial charge in [-0.25, -0.2) is 4.39 Å². The molecule has 1 atom stereocenters. The highest BCUT2D eigenvalue weighted by molar-refractivity contribution is 5.95. The molecule has 2 aromatic rings. The molecule has 0 saturated carbocycles. The number of hydrogen-bond acceptors (Lipinski definition) is 3. The zero-order chi connectivity index (χ0) is 16.2. The van der Waals surface area contributed by atoms with Crippen molar-refractivity contribution in [3.05, 3.63) is 65.5 Å². The molecule has 1 aliphatic rings. The number of carbonyl (C=O) groups excluding carboxylic acids is 1. The van der Waals surface area contributed by atoms with Crippen LogP contribution in [0.1, 0.15) is 22.0 Å². The number of ether oxygens (including phenoxy) is 1. The van der Waals surface area contributed by atoms with Crippen molar-refractivity contribution in [1.29, 1.82) is 0 Å². The minimum absolute atomic E-state index is 0. The Bertz CT molecular complexity index is 711. The predicted molar refractivity (Wildman–Crippen MR) is 93.3 cm³/mol. The Kier molecular flexibility index (Phi) is 6.17. The van der Waals surface area contributed by atoms with Gasteiger partial charge in [0, 0.05) is 25.2 Å². The van der Waals surface area contributed by atoms with Gasteiger partial charge in [0.2, 0.25) is 0 Å². The summed E-state index contributed by atoms with van der Waals surface area (Å²) in [5, 5.41) is 3.27. The summed E-state index contributed by atoms with van der Waals surface area (Å²) < 4.78 is 18.7. The molecular weight excluding hydrogens is 331 g/mol. The van der Waals surface area contributed by atoms with Crippen molar-refractivity contribution in [2.45, 2.75) is 6.04 Å². The van der Waals surface area contributed by atoms with Crippen LogP contribution in [0.15, 0.2) is 48.5 Å². The summed E-state index contributed by atoms with van der Waals surface area (Å²) in [6.07, 6.45) is 0. The van der Waals surface area contributed by atoms with Gasteiger partial charge in [0.05, 0.1) is 13.2 Å². The zero-order valence-electron chi connectivity index (χ0n) is 13.4. The van der Waals surface area contributed by atoms with E-state index in [1.165, 1.54) is 12.1 Å². The van der Waals surface area contributed by atoms with Gasteiger partial charge < -0.3 is 15.0 Å². The number of amides is 1. The molecule has 1 aliphatic heterocycles. The lowest BCUT2D eigenvalue weighted by molar-refractivity contribution is 0.0633. The van der Waals surface area contributed by atoms with Gasteiger partial charge in [0.1, 0.15) is 11.6 Å². The van der Waals surface area contributed by atoms with Crippen LogP contribution in [-0.2, 0) is 0 Å². The normalized spacial score (nSPS) is 17.1. The Hall–Kier alpha value is -2.11. The van der Waals surface area contributed by atoms with Crippen LogP contribution >= 0.6 is 12.4 Å². The number of piperazine rings is 1. The standard InChI is InChI=1S/C18H19FN2O2.ClH/c1-23-16-7-3-5-14(11-16)18(22)21-9-8-20-12-17(21)13-4-2-6-15(19)10-13;/h2-7,10-11,17,20H,8-9,12H2,1H3;1H. The average Bonchev–Trinajstić information content (AvgIpc) is 2.61. The van der Waals surface area contributed by atoms with Gasteiger partial charge in [-0.1, -0.05) is 18.2 Å². The highest BCUT2D eigenvalue weighted by Gasteiger charge is 2.28. The van der Waals surface area contributed by atoms with Gasteiger partial charge in [-0.3, -0.25) is 4.79 Å². The van der Waals surface area contributed by atoms with E-state index in [1.54, 1.807) is 42.3 Å². The number of benzene rings is 2. The molecule has 1 saturated heterocycles. The van der Waals surface area contributed by atoms with E-state index in [-0.39, 0.29) is 30.2 Å².